The number of nitrogens with zero attached hydrogens (tertiary/aromatic N) is 2. The molecule has 4 heteroatoms. The summed E-state index contributed by atoms with van der Waals surface area (Å²) in [6.07, 6.45) is 3.55. The maximum Gasteiger partial charge on any atom is 0.143 e. The third kappa shape index (κ3) is 1.53. The van der Waals surface area contributed by atoms with E-state index in [-0.39, 0.29) is 5.75 Å². The number of aromatic hydroxyl groups is 1. The van der Waals surface area contributed by atoms with Crippen LogP contribution in [-0.4, -0.2) is 14.7 Å². The van der Waals surface area contributed by atoms with E-state index < -0.39 is 0 Å². The molecule has 1 aromatic heterocycles. The number of aryl methyl sites for hydroxylation is 1. The average Bonchev–Trinajstić information content (AvgIpc) is 2.56. The van der Waals surface area contributed by atoms with Gasteiger partial charge in [-0.3, -0.25) is 0 Å². The lowest BCUT2D eigenvalue weighted by Gasteiger charge is -2.04. The Labute approximate surface area is 90.2 Å². The number of aromatic nitrogens is 2. The molecule has 0 radical (unpaired) electrons. The summed E-state index contributed by atoms with van der Waals surface area (Å²) in [6.45, 7) is 0. The Hall–Kier alpha value is -1.29. The van der Waals surface area contributed by atoms with Crippen molar-refractivity contribution in [1.82, 2.24) is 9.55 Å². The average molecular weight is 253 g/mol. The Kier molecular flexibility index (Phi) is 2.29. The molecule has 1 N–H and O–H groups in total. The van der Waals surface area contributed by atoms with Crippen molar-refractivity contribution in [3.05, 3.63) is 35.1 Å². The van der Waals surface area contributed by atoms with Gasteiger partial charge in [0, 0.05) is 23.9 Å². The van der Waals surface area contributed by atoms with E-state index >= 15 is 0 Å². The third-order valence-corrected chi connectivity index (χ3v) is 2.51. The number of benzene rings is 1. The topological polar surface area (TPSA) is 38.0 Å². The predicted octanol–water partition coefficient (Wildman–Crippen LogP) is 2.56. The highest BCUT2D eigenvalue weighted by Gasteiger charge is 2.08. The van der Waals surface area contributed by atoms with E-state index in [1.54, 1.807) is 18.3 Å². The van der Waals surface area contributed by atoms with Crippen LogP contribution in [0.3, 0.4) is 0 Å². The van der Waals surface area contributed by atoms with E-state index in [1.165, 1.54) is 0 Å². The zero-order valence-electron chi connectivity index (χ0n) is 7.61. The first-order chi connectivity index (χ1) is 6.68. The second-order valence-corrected chi connectivity index (χ2v) is 3.94. The molecule has 0 amide bonds. The minimum absolute atomic E-state index is 0.238. The Morgan fingerprint density at radius 3 is 2.86 bits per heavy atom. The van der Waals surface area contributed by atoms with E-state index in [4.69, 9.17) is 0 Å². The van der Waals surface area contributed by atoms with Crippen LogP contribution in [0.25, 0.3) is 11.4 Å². The van der Waals surface area contributed by atoms with Gasteiger partial charge < -0.3 is 9.67 Å². The molecule has 0 unspecified atom stereocenters. The molecule has 0 atom stereocenters. The fraction of sp³-hybridized carbons (Fsp3) is 0.100. The monoisotopic (exact) mass is 252 g/mol. The molecule has 0 saturated heterocycles. The van der Waals surface area contributed by atoms with Crippen molar-refractivity contribution in [3.8, 4) is 17.1 Å². The first-order valence-electron chi connectivity index (χ1n) is 4.14. The van der Waals surface area contributed by atoms with Gasteiger partial charge in [-0.15, -0.1) is 0 Å². The Balaban J connectivity index is 2.62. The highest BCUT2D eigenvalue weighted by molar-refractivity contribution is 9.10. The molecule has 3 nitrogen and oxygen atoms in total. The zero-order valence-corrected chi connectivity index (χ0v) is 9.19. The van der Waals surface area contributed by atoms with Crippen molar-refractivity contribution in [1.29, 1.82) is 0 Å². The molecule has 0 bridgehead atoms. The fourth-order valence-electron chi connectivity index (χ4n) is 1.31. The molecule has 0 fully saturated rings. The van der Waals surface area contributed by atoms with Gasteiger partial charge in [0.15, 0.2) is 0 Å². The molecule has 2 aromatic rings. The van der Waals surface area contributed by atoms with Gasteiger partial charge in [-0.1, -0.05) is 15.9 Å². The van der Waals surface area contributed by atoms with Crippen LogP contribution in [0.1, 0.15) is 0 Å². The van der Waals surface area contributed by atoms with Crippen LogP contribution >= 0.6 is 15.9 Å². The van der Waals surface area contributed by atoms with Crippen molar-refractivity contribution in [3.63, 3.8) is 0 Å². The minimum atomic E-state index is 0.238. The SMILES string of the molecule is Cn1ccnc1-c1cc(Br)ccc1O. The van der Waals surface area contributed by atoms with Crippen LogP contribution in [0.5, 0.6) is 5.75 Å². The summed E-state index contributed by atoms with van der Waals surface area (Å²) >= 11 is 3.36. The van der Waals surface area contributed by atoms with Gasteiger partial charge in [0.05, 0.1) is 5.56 Å². The molecule has 1 aromatic carbocycles. The molecular weight excluding hydrogens is 244 g/mol. The predicted molar refractivity (Wildman–Crippen MR) is 58.0 cm³/mol. The summed E-state index contributed by atoms with van der Waals surface area (Å²) in [5, 5.41) is 9.66. The van der Waals surface area contributed by atoms with E-state index in [9.17, 15) is 5.11 Å². The molecule has 1 heterocycles. The summed E-state index contributed by atoms with van der Waals surface area (Å²) in [6, 6.07) is 5.29. The van der Waals surface area contributed by atoms with Gasteiger partial charge in [-0.25, -0.2) is 4.98 Å². The second-order valence-electron chi connectivity index (χ2n) is 3.02. The van der Waals surface area contributed by atoms with Crippen molar-refractivity contribution in [2.24, 2.45) is 7.05 Å². The van der Waals surface area contributed by atoms with E-state index in [1.807, 2.05) is 23.9 Å². The van der Waals surface area contributed by atoms with E-state index in [0.29, 0.717) is 0 Å². The van der Waals surface area contributed by atoms with Gasteiger partial charge in [0.1, 0.15) is 11.6 Å². The molecular formula is C10H9BrN2O. The molecule has 14 heavy (non-hydrogen) atoms. The molecule has 0 aliphatic heterocycles. The van der Waals surface area contributed by atoms with Crippen LogP contribution in [-0.2, 0) is 7.05 Å². The van der Waals surface area contributed by atoms with Crippen LogP contribution < -0.4 is 0 Å². The van der Waals surface area contributed by atoms with Gasteiger partial charge in [0.25, 0.3) is 0 Å². The minimum Gasteiger partial charge on any atom is -0.507 e. The number of hydrogen-bond donors (Lipinski definition) is 1. The highest BCUT2D eigenvalue weighted by atomic mass is 79.9. The number of phenols is 1. The smallest absolute Gasteiger partial charge is 0.143 e. The largest absolute Gasteiger partial charge is 0.507 e. The van der Waals surface area contributed by atoms with Crippen molar-refractivity contribution in [2.45, 2.75) is 0 Å². The normalized spacial score (nSPS) is 10.4. The van der Waals surface area contributed by atoms with Crippen molar-refractivity contribution in [2.75, 3.05) is 0 Å². The van der Waals surface area contributed by atoms with Crippen molar-refractivity contribution >= 4 is 15.9 Å². The summed E-state index contributed by atoms with van der Waals surface area (Å²) in [5.74, 6) is 0.992. The highest BCUT2D eigenvalue weighted by Crippen LogP contribution is 2.30. The third-order valence-electron chi connectivity index (χ3n) is 2.02. The fourth-order valence-corrected chi connectivity index (χ4v) is 1.67. The maximum atomic E-state index is 9.66. The summed E-state index contributed by atoms with van der Waals surface area (Å²) in [7, 11) is 1.89. The molecule has 0 aliphatic carbocycles. The Bertz CT molecular complexity index is 465. The zero-order chi connectivity index (χ0) is 10.1. The number of imidazole rings is 1. The Morgan fingerprint density at radius 2 is 2.21 bits per heavy atom. The van der Waals surface area contributed by atoms with Gasteiger partial charge in [-0.2, -0.15) is 0 Å². The second kappa shape index (κ2) is 3.46. The molecule has 0 spiro atoms. The standard InChI is InChI=1S/C10H9BrN2O/c1-13-5-4-12-10(13)8-6-7(11)2-3-9(8)14/h2-6,14H,1H3. The molecule has 0 aliphatic rings. The van der Waals surface area contributed by atoms with E-state index in [0.717, 1.165) is 15.9 Å². The van der Waals surface area contributed by atoms with Crippen LogP contribution in [0.4, 0.5) is 0 Å². The molecule has 72 valence electrons. The first kappa shape index (κ1) is 9.27. The van der Waals surface area contributed by atoms with E-state index in [2.05, 4.69) is 20.9 Å². The number of hydrogen-bond acceptors (Lipinski definition) is 2. The lowest BCUT2D eigenvalue weighted by molar-refractivity contribution is 0.476. The lowest BCUT2D eigenvalue weighted by atomic mass is 10.2. The Morgan fingerprint density at radius 1 is 1.43 bits per heavy atom. The summed E-state index contributed by atoms with van der Waals surface area (Å²) in [5.41, 5.74) is 0.729. The maximum absolute atomic E-state index is 9.66. The summed E-state index contributed by atoms with van der Waals surface area (Å²) < 4.78 is 2.79. The number of phenolic OH excluding ortho intramolecular Hbond substituents is 1. The number of rotatable bonds is 1. The van der Waals surface area contributed by atoms with Gasteiger partial charge in [0.2, 0.25) is 0 Å². The lowest BCUT2D eigenvalue weighted by Crippen LogP contribution is -1.91. The van der Waals surface area contributed by atoms with Crippen LogP contribution in [0.15, 0.2) is 35.1 Å². The van der Waals surface area contributed by atoms with Crippen LogP contribution in [0.2, 0.25) is 0 Å². The first-order valence-corrected chi connectivity index (χ1v) is 4.94. The summed E-state index contributed by atoms with van der Waals surface area (Å²) in [4.78, 5) is 4.17. The van der Waals surface area contributed by atoms with Gasteiger partial charge in [-0.05, 0) is 18.2 Å². The van der Waals surface area contributed by atoms with Crippen molar-refractivity contribution < 1.29 is 5.11 Å². The number of halogens is 1. The van der Waals surface area contributed by atoms with Crippen LogP contribution in [0, 0.1) is 0 Å². The quantitative estimate of drug-likeness (QED) is 0.848. The van der Waals surface area contributed by atoms with Gasteiger partial charge >= 0.3 is 0 Å². The molecule has 2 rings (SSSR count). The molecule has 0 saturated carbocycles.